The Morgan fingerprint density at radius 1 is 0.867 bits per heavy atom. The average molecular weight is 222 g/mol. The molecule has 0 nitrogen and oxygen atoms in total. The van der Waals surface area contributed by atoms with Gasteiger partial charge < -0.3 is 0 Å². The van der Waals surface area contributed by atoms with Gasteiger partial charge in [0.05, 0.1) is 5.56 Å². The number of rotatable bonds is 2. The lowest BCUT2D eigenvalue weighted by molar-refractivity contribution is -0.137. The molecule has 0 aliphatic carbocycles. The smallest absolute Gasteiger partial charge is 0.197 e. The van der Waals surface area contributed by atoms with Crippen molar-refractivity contribution in [1.82, 2.24) is 0 Å². The largest absolute Gasteiger partial charge is 0.416 e. The molecule has 0 N–H and O–H groups in total. The van der Waals surface area contributed by atoms with E-state index in [1.54, 1.807) is 0 Å². The van der Waals surface area contributed by atoms with Crippen molar-refractivity contribution < 1.29 is 22.0 Å². The monoisotopic (exact) mass is 222 g/mol. The third-order valence-corrected chi connectivity index (χ3v) is 1.85. The van der Waals surface area contributed by atoms with Crippen LogP contribution in [0.5, 0.6) is 0 Å². The van der Waals surface area contributed by atoms with Gasteiger partial charge >= 0.3 is 6.18 Å². The van der Waals surface area contributed by atoms with Crippen LogP contribution in [-0.2, 0) is 12.1 Å². The van der Waals surface area contributed by atoms with E-state index in [0.29, 0.717) is 18.2 Å². The summed E-state index contributed by atoms with van der Waals surface area (Å²) in [6, 6.07) is 2.72. The summed E-state index contributed by atoms with van der Waals surface area (Å²) in [4.78, 5) is 0. The van der Waals surface area contributed by atoms with Crippen LogP contribution in [0.25, 0.3) is 0 Å². The molecular weight excluding hydrogens is 215 g/mol. The van der Waals surface area contributed by atoms with E-state index < -0.39 is 23.2 Å². The number of benzene rings is 1. The summed E-state index contributed by atoms with van der Waals surface area (Å²) in [6.07, 6.45) is -4.13. The summed E-state index contributed by atoms with van der Waals surface area (Å²) in [5.74, 6) is -3.30. The summed E-state index contributed by atoms with van der Waals surface area (Å²) < 4.78 is 62.1. The molecule has 0 aromatic heterocycles. The van der Waals surface area contributed by atoms with Crippen molar-refractivity contribution >= 4 is 0 Å². The van der Waals surface area contributed by atoms with Crippen LogP contribution in [-0.4, -0.2) is 0 Å². The molecular formula is C10H7F5. The first-order valence-corrected chi connectivity index (χ1v) is 3.96. The Balaban J connectivity index is 3.06. The van der Waals surface area contributed by atoms with Gasteiger partial charge in [-0.2, -0.15) is 22.0 Å². The molecule has 1 rings (SSSR count). The Morgan fingerprint density at radius 2 is 1.27 bits per heavy atom. The summed E-state index contributed by atoms with van der Waals surface area (Å²) >= 11 is 0. The van der Waals surface area contributed by atoms with Crippen LogP contribution in [0.15, 0.2) is 36.9 Å². The van der Waals surface area contributed by atoms with Gasteiger partial charge in [0.2, 0.25) is 0 Å². The molecule has 0 unspecified atom stereocenters. The lowest BCUT2D eigenvalue weighted by Crippen LogP contribution is -2.10. The van der Waals surface area contributed by atoms with Gasteiger partial charge in [-0.1, -0.05) is 18.7 Å². The highest BCUT2D eigenvalue weighted by Gasteiger charge is 2.32. The van der Waals surface area contributed by atoms with Crippen LogP contribution in [0, 0.1) is 0 Å². The van der Waals surface area contributed by atoms with E-state index in [1.165, 1.54) is 0 Å². The van der Waals surface area contributed by atoms with Gasteiger partial charge in [-0.3, -0.25) is 0 Å². The topological polar surface area (TPSA) is 0 Å². The molecule has 0 amide bonds. The lowest BCUT2D eigenvalue weighted by Gasteiger charge is -2.13. The van der Waals surface area contributed by atoms with E-state index in [0.717, 1.165) is 12.1 Å². The Kier molecular flexibility index (Phi) is 2.83. The van der Waals surface area contributed by atoms with Crippen molar-refractivity contribution in [3.8, 4) is 0 Å². The third kappa shape index (κ3) is 2.55. The molecule has 0 saturated carbocycles. The lowest BCUT2D eigenvalue weighted by atomic mass is 10.1. The van der Waals surface area contributed by atoms with Crippen LogP contribution < -0.4 is 0 Å². The van der Waals surface area contributed by atoms with Gasteiger partial charge in [0.1, 0.15) is 0 Å². The van der Waals surface area contributed by atoms with E-state index in [2.05, 4.69) is 6.58 Å². The van der Waals surface area contributed by atoms with Crippen LogP contribution in [0.4, 0.5) is 22.0 Å². The molecule has 0 fully saturated rings. The third-order valence-electron chi connectivity index (χ3n) is 1.85. The number of hydrogen-bond donors (Lipinski definition) is 0. The van der Waals surface area contributed by atoms with Crippen LogP contribution >= 0.6 is 0 Å². The number of alkyl halides is 5. The molecule has 5 heteroatoms. The predicted molar refractivity (Wildman–Crippen MR) is 45.5 cm³/mol. The fourth-order valence-corrected chi connectivity index (χ4v) is 0.999. The van der Waals surface area contributed by atoms with Crippen molar-refractivity contribution in [1.29, 1.82) is 0 Å². The zero-order valence-electron chi connectivity index (χ0n) is 7.48. The molecule has 0 saturated heterocycles. The van der Waals surface area contributed by atoms with Crippen LogP contribution in [0.3, 0.4) is 0 Å². The van der Waals surface area contributed by atoms with Crippen LogP contribution in [0.1, 0.15) is 11.1 Å². The van der Waals surface area contributed by atoms with Crippen molar-refractivity contribution in [3.63, 3.8) is 0 Å². The van der Waals surface area contributed by atoms with Crippen molar-refractivity contribution in [2.45, 2.75) is 12.1 Å². The number of hydrogen-bond acceptors (Lipinski definition) is 0. The minimum Gasteiger partial charge on any atom is -0.197 e. The van der Waals surface area contributed by atoms with Crippen molar-refractivity contribution in [3.05, 3.63) is 48.0 Å². The molecule has 1 aromatic carbocycles. The normalized spacial score (nSPS) is 12.6. The molecule has 0 radical (unpaired) electrons. The second-order valence-corrected chi connectivity index (χ2v) is 2.90. The van der Waals surface area contributed by atoms with Gasteiger partial charge in [0, 0.05) is 5.56 Å². The fraction of sp³-hybridized carbons (Fsp3) is 0.200. The first kappa shape index (κ1) is 11.7. The summed E-state index contributed by atoms with van der Waals surface area (Å²) in [6.45, 7) is 2.91. The molecule has 0 bridgehead atoms. The highest BCUT2D eigenvalue weighted by Crippen LogP contribution is 2.33. The van der Waals surface area contributed by atoms with E-state index >= 15 is 0 Å². The Morgan fingerprint density at radius 3 is 1.60 bits per heavy atom. The molecule has 0 aliphatic heterocycles. The van der Waals surface area contributed by atoms with Gasteiger partial charge in [0.25, 0.3) is 5.92 Å². The molecule has 0 aliphatic rings. The highest BCUT2D eigenvalue weighted by molar-refractivity contribution is 5.29. The second-order valence-electron chi connectivity index (χ2n) is 2.90. The Labute approximate surface area is 83.0 Å². The van der Waals surface area contributed by atoms with Gasteiger partial charge in [-0.25, -0.2) is 0 Å². The SMILES string of the molecule is C=CC(F)(F)c1ccc(C(F)(F)F)cc1. The first-order chi connectivity index (χ1) is 6.77. The number of halogens is 5. The second kappa shape index (κ2) is 3.64. The van der Waals surface area contributed by atoms with Crippen molar-refractivity contribution in [2.75, 3.05) is 0 Å². The molecule has 0 heterocycles. The summed E-state index contributed by atoms with van der Waals surface area (Å²) in [5, 5.41) is 0. The van der Waals surface area contributed by atoms with E-state index in [9.17, 15) is 22.0 Å². The standard InChI is InChI=1S/C10H7F5/c1-2-9(11,12)7-3-5-8(6-4-7)10(13,14)15/h2-6H,1H2. The minimum atomic E-state index is -4.51. The quantitative estimate of drug-likeness (QED) is 0.524. The van der Waals surface area contributed by atoms with Crippen LogP contribution in [0.2, 0.25) is 0 Å². The Bertz CT molecular complexity index is 347. The maximum Gasteiger partial charge on any atom is 0.416 e. The average Bonchev–Trinajstić information content (AvgIpc) is 2.17. The predicted octanol–water partition coefficient (Wildman–Crippen LogP) is 3.98. The van der Waals surface area contributed by atoms with E-state index in [4.69, 9.17) is 0 Å². The molecule has 1 aromatic rings. The maximum absolute atomic E-state index is 12.9. The minimum absolute atomic E-state index is 0.385. The fourth-order valence-electron chi connectivity index (χ4n) is 0.999. The highest BCUT2D eigenvalue weighted by atomic mass is 19.4. The maximum atomic E-state index is 12.9. The molecule has 0 atom stereocenters. The van der Waals surface area contributed by atoms with Gasteiger partial charge in [-0.05, 0) is 18.2 Å². The van der Waals surface area contributed by atoms with E-state index in [-0.39, 0.29) is 0 Å². The van der Waals surface area contributed by atoms with Gasteiger partial charge in [-0.15, -0.1) is 0 Å². The molecule has 82 valence electrons. The first-order valence-electron chi connectivity index (χ1n) is 3.96. The molecule has 15 heavy (non-hydrogen) atoms. The van der Waals surface area contributed by atoms with Crippen molar-refractivity contribution in [2.24, 2.45) is 0 Å². The Hall–Kier alpha value is -1.39. The zero-order chi connectivity index (χ0) is 11.7. The molecule has 0 spiro atoms. The summed E-state index contributed by atoms with van der Waals surface area (Å²) in [5.41, 5.74) is -1.46. The van der Waals surface area contributed by atoms with Gasteiger partial charge in [0.15, 0.2) is 0 Å². The van der Waals surface area contributed by atoms with E-state index in [1.807, 2.05) is 0 Å². The number of allylic oxidation sites excluding steroid dienone is 1. The summed E-state index contributed by atoms with van der Waals surface area (Å²) in [7, 11) is 0. The zero-order valence-corrected chi connectivity index (χ0v) is 7.48.